The first-order valence-corrected chi connectivity index (χ1v) is 4.80. The average molecular weight is 222 g/mol. The summed E-state index contributed by atoms with van der Waals surface area (Å²) in [5.74, 6) is -0.387. The fourth-order valence-electron chi connectivity index (χ4n) is 1.06. The van der Waals surface area contributed by atoms with Gasteiger partial charge in [0.2, 0.25) is 5.91 Å². The maximum Gasteiger partial charge on any atom is 0.269 e. The maximum atomic E-state index is 11.3. The van der Waals surface area contributed by atoms with E-state index in [0.717, 1.165) is 0 Å². The van der Waals surface area contributed by atoms with Crippen LogP contribution in [0.1, 0.15) is 10.5 Å². The molecule has 0 saturated carbocycles. The van der Waals surface area contributed by atoms with Gasteiger partial charge in [-0.3, -0.25) is 14.6 Å². The summed E-state index contributed by atoms with van der Waals surface area (Å²) < 4.78 is 0. The summed E-state index contributed by atoms with van der Waals surface area (Å²) in [6.45, 7) is 0.160. The van der Waals surface area contributed by atoms with E-state index in [1.54, 1.807) is 19.2 Å². The lowest BCUT2D eigenvalue weighted by Gasteiger charge is -2.06. The molecule has 6 heteroatoms. The Hall–Kier alpha value is -2.11. The van der Waals surface area contributed by atoms with E-state index in [-0.39, 0.29) is 18.4 Å². The molecule has 1 rings (SSSR count). The molecule has 0 aliphatic heterocycles. The number of nitrogens with zero attached hydrogens (tertiary/aromatic N) is 1. The summed E-state index contributed by atoms with van der Waals surface area (Å²) >= 11 is 0. The van der Waals surface area contributed by atoms with Crippen molar-refractivity contribution in [3.05, 3.63) is 24.0 Å². The summed E-state index contributed by atoms with van der Waals surface area (Å²) in [6.07, 6.45) is 1.51. The second-order valence-electron chi connectivity index (χ2n) is 3.04. The van der Waals surface area contributed by atoms with Crippen LogP contribution in [-0.4, -0.2) is 37.4 Å². The van der Waals surface area contributed by atoms with E-state index in [0.29, 0.717) is 11.4 Å². The van der Waals surface area contributed by atoms with E-state index in [1.807, 2.05) is 0 Å². The van der Waals surface area contributed by atoms with Gasteiger partial charge in [0.1, 0.15) is 5.69 Å². The van der Waals surface area contributed by atoms with Gasteiger partial charge in [-0.05, 0) is 12.1 Å². The zero-order valence-electron chi connectivity index (χ0n) is 9.20. The molecular weight excluding hydrogens is 208 g/mol. The van der Waals surface area contributed by atoms with Crippen LogP contribution in [0.15, 0.2) is 18.3 Å². The van der Waals surface area contributed by atoms with Gasteiger partial charge in [0.25, 0.3) is 5.91 Å². The molecule has 0 unspecified atom stereocenters. The Morgan fingerprint density at radius 2 is 2.06 bits per heavy atom. The molecule has 3 N–H and O–H groups in total. The number of likely N-dealkylation sites (N-methyl/N-ethyl adjacent to an activating group) is 1. The first-order chi connectivity index (χ1) is 7.67. The van der Waals surface area contributed by atoms with Crippen LogP contribution in [0, 0.1) is 0 Å². The Bertz CT molecular complexity index is 392. The summed E-state index contributed by atoms with van der Waals surface area (Å²) in [5.41, 5.74) is 0.988. The number of carbonyl (C=O) groups is 2. The molecule has 2 amide bonds. The lowest BCUT2D eigenvalue weighted by molar-refractivity contribution is -0.118. The highest BCUT2D eigenvalue weighted by Crippen LogP contribution is 2.07. The van der Waals surface area contributed by atoms with E-state index >= 15 is 0 Å². The van der Waals surface area contributed by atoms with Crippen LogP contribution in [0.5, 0.6) is 0 Å². The molecular formula is C10H14N4O2. The van der Waals surface area contributed by atoms with Crippen LogP contribution in [-0.2, 0) is 4.79 Å². The molecule has 0 spiro atoms. The SMILES string of the molecule is CNC(=O)CNc1ccnc(C(=O)NC)c1. The van der Waals surface area contributed by atoms with Crippen molar-refractivity contribution in [3.63, 3.8) is 0 Å². The van der Waals surface area contributed by atoms with Crippen LogP contribution in [0.25, 0.3) is 0 Å². The van der Waals surface area contributed by atoms with Gasteiger partial charge in [0.15, 0.2) is 0 Å². The predicted octanol–water partition coefficient (Wildman–Crippen LogP) is -0.401. The molecule has 1 aromatic rings. The number of aromatic nitrogens is 1. The third kappa shape index (κ3) is 3.23. The number of anilines is 1. The number of hydrogen-bond donors (Lipinski definition) is 3. The molecule has 0 aromatic carbocycles. The monoisotopic (exact) mass is 222 g/mol. The van der Waals surface area contributed by atoms with Gasteiger partial charge in [0, 0.05) is 26.0 Å². The minimum Gasteiger partial charge on any atom is -0.376 e. The Morgan fingerprint density at radius 1 is 1.31 bits per heavy atom. The van der Waals surface area contributed by atoms with E-state index in [2.05, 4.69) is 20.9 Å². The number of amides is 2. The van der Waals surface area contributed by atoms with Crippen LogP contribution in [0.2, 0.25) is 0 Å². The number of hydrogen-bond acceptors (Lipinski definition) is 4. The van der Waals surface area contributed by atoms with Crippen LogP contribution in [0.4, 0.5) is 5.69 Å². The third-order valence-corrected chi connectivity index (χ3v) is 1.95. The number of rotatable bonds is 4. The van der Waals surface area contributed by atoms with Gasteiger partial charge in [-0.15, -0.1) is 0 Å². The summed E-state index contributed by atoms with van der Waals surface area (Å²) in [5, 5.41) is 7.85. The van der Waals surface area contributed by atoms with Crippen molar-refractivity contribution >= 4 is 17.5 Å². The van der Waals surface area contributed by atoms with Gasteiger partial charge in [-0.25, -0.2) is 0 Å². The molecule has 0 radical (unpaired) electrons. The second kappa shape index (κ2) is 5.69. The normalized spacial score (nSPS) is 9.38. The molecule has 0 fully saturated rings. The zero-order valence-corrected chi connectivity index (χ0v) is 9.20. The highest BCUT2D eigenvalue weighted by molar-refractivity contribution is 5.93. The highest BCUT2D eigenvalue weighted by atomic mass is 16.2. The average Bonchev–Trinajstić information content (AvgIpc) is 2.35. The molecule has 6 nitrogen and oxygen atoms in total. The first-order valence-electron chi connectivity index (χ1n) is 4.80. The van der Waals surface area contributed by atoms with E-state index in [1.165, 1.54) is 13.2 Å². The molecule has 0 atom stereocenters. The Balaban J connectivity index is 2.67. The first kappa shape index (κ1) is 12.0. The summed E-state index contributed by atoms with van der Waals surface area (Å²) in [6, 6.07) is 3.27. The van der Waals surface area contributed by atoms with Crippen molar-refractivity contribution < 1.29 is 9.59 Å². The molecule has 0 bridgehead atoms. The minimum atomic E-state index is -0.261. The minimum absolute atomic E-state index is 0.127. The molecule has 1 heterocycles. The fraction of sp³-hybridized carbons (Fsp3) is 0.300. The van der Waals surface area contributed by atoms with E-state index < -0.39 is 0 Å². The predicted molar refractivity (Wildman–Crippen MR) is 60.2 cm³/mol. The summed E-state index contributed by atoms with van der Waals surface area (Å²) in [7, 11) is 3.10. The Morgan fingerprint density at radius 3 is 2.69 bits per heavy atom. The molecule has 86 valence electrons. The number of pyridine rings is 1. The summed E-state index contributed by atoms with van der Waals surface area (Å²) in [4.78, 5) is 26.2. The highest BCUT2D eigenvalue weighted by Gasteiger charge is 2.05. The van der Waals surface area contributed by atoms with Gasteiger partial charge >= 0.3 is 0 Å². The zero-order chi connectivity index (χ0) is 12.0. The molecule has 0 aliphatic rings. The Kier molecular flexibility index (Phi) is 4.26. The smallest absolute Gasteiger partial charge is 0.269 e. The topological polar surface area (TPSA) is 83.1 Å². The molecule has 0 saturated heterocycles. The fourth-order valence-corrected chi connectivity index (χ4v) is 1.06. The lowest BCUT2D eigenvalue weighted by Crippen LogP contribution is -2.26. The second-order valence-corrected chi connectivity index (χ2v) is 3.04. The van der Waals surface area contributed by atoms with Crippen LogP contribution < -0.4 is 16.0 Å². The van der Waals surface area contributed by atoms with Crippen LogP contribution in [0.3, 0.4) is 0 Å². The molecule has 1 aromatic heterocycles. The van der Waals surface area contributed by atoms with Gasteiger partial charge in [-0.1, -0.05) is 0 Å². The van der Waals surface area contributed by atoms with Crippen molar-refractivity contribution in [2.45, 2.75) is 0 Å². The van der Waals surface area contributed by atoms with Crippen molar-refractivity contribution in [2.24, 2.45) is 0 Å². The maximum absolute atomic E-state index is 11.3. The van der Waals surface area contributed by atoms with Gasteiger partial charge < -0.3 is 16.0 Å². The molecule has 0 aliphatic carbocycles. The standard InChI is InChI=1S/C10H14N4O2/c1-11-9(15)6-14-7-3-4-13-8(5-7)10(16)12-2/h3-5H,6H2,1-2H3,(H,11,15)(H,12,16)(H,13,14). The molecule has 16 heavy (non-hydrogen) atoms. The quantitative estimate of drug-likeness (QED) is 0.647. The van der Waals surface area contributed by atoms with Crippen molar-refractivity contribution in [3.8, 4) is 0 Å². The van der Waals surface area contributed by atoms with E-state index in [9.17, 15) is 9.59 Å². The van der Waals surface area contributed by atoms with Crippen molar-refractivity contribution in [1.29, 1.82) is 0 Å². The van der Waals surface area contributed by atoms with Crippen molar-refractivity contribution in [1.82, 2.24) is 15.6 Å². The van der Waals surface area contributed by atoms with Crippen molar-refractivity contribution in [2.75, 3.05) is 26.0 Å². The van der Waals surface area contributed by atoms with E-state index in [4.69, 9.17) is 0 Å². The van der Waals surface area contributed by atoms with Gasteiger partial charge in [0.05, 0.1) is 6.54 Å². The number of nitrogens with one attached hydrogen (secondary N) is 3. The van der Waals surface area contributed by atoms with Crippen LogP contribution >= 0.6 is 0 Å². The largest absolute Gasteiger partial charge is 0.376 e. The Labute approximate surface area is 93.4 Å². The third-order valence-electron chi connectivity index (χ3n) is 1.95. The number of carbonyl (C=O) groups excluding carboxylic acids is 2. The lowest BCUT2D eigenvalue weighted by atomic mass is 10.3. The van der Waals surface area contributed by atoms with Gasteiger partial charge in [-0.2, -0.15) is 0 Å².